The Hall–Kier alpha value is -2.23. The Kier molecular flexibility index (Phi) is 4.59. The highest BCUT2D eigenvalue weighted by molar-refractivity contribution is 5.76. The number of anilines is 1. The number of alkyl halides is 3. The summed E-state index contributed by atoms with van der Waals surface area (Å²) in [4.78, 5) is 13.3. The second-order valence-corrected chi connectivity index (χ2v) is 5.19. The number of carbonyl (C=O) groups is 1. The molecule has 2 rings (SSSR count). The molecule has 4 nitrogen and oxygen atoms in total. The van der Waals surface area contributed by atoms with Gasteiger partial charge in [-0.15, -0.1) is 0 Å². The van der Waals surface area contributed by atoms with Crippen LogP contribution in [0.15, 0.2) is 18.2 Å². The fourth-order valence-electron chi connectivity index (χ4n) is 2.53. The fourth-order valence-corrected chi connectivity index (χ4v) is 2.53. The van der Waals surface area contributed by atoms with E-state index in [0.29, 0.717) is 25.9 Å². The molecule has 7 heteroatoms. The number of halogens is 3. The lowest BCUT2D eigenvalue weighted by Gasteiger charge is -2.20. The summed E-state index contributed by atoms with van der Waals surface area (Å²) in [6.07, 6.45) is -3.53. The highest BCUT2D eigenvalue weighted by Gasteiger charge is 2.35. The van der Waals surface area contributed by atoms with E-state index in [9.17, 15) is 18.0 Å². The highest BCUT2D eigenvalue weighted by atomic mass is 19.4. The minimum Gasteiger partial charge on any atom is -0.380 e. The van der Waals surface area contributed by atoms with Gasteiger partial charge in [-0.2, -0.15) is 18.4 Å². The van der Waals surface area contributed by atoms with Crippen LogP contribution in [0.1, 0.15) is 30.9 Å². The second kappa shape index (κ2) is 6.26. The predicted molar refractivity (Wildman–Crippen MR) is 75.1 cm³/mol. The molecule has 0 saturated carbocycles. The minimum atomic E-state index is -4.49. The van der Waals surface area contributed by atoms with Crippen molar-refractivity contribution in [2.75, 3.05) is 18.4 Å². The van der Waals surface area contributed by atoms with Crippen molar-refractivity contribution in [3.05, 3.63) is 29.3 Å². The lowest BCUT2D eigenvalue weighted by molar-refractivity contribution is -0.137. The van der Waals surface area contributed by atoms with Crippen molar-refractivity contribution >= 4 is 11.6 Å². The average Bonchev–Trinajstić information content (AvgIpc) is 2.93. The third-order valence-corrected chi connectivity index (χ3v) is 3.66. The number of benzene rings is 1. The number of hydrogen-bond donors (Lipinski definition) is 1. The van der Waals surface area contributed by atoms with E-state index in [1.54, 1.807) is 11.8 Å². The van der Waals surface area contributed by atoms with Gasteiger partial charge in [-0.3, -0.25) is 4.79 Å². The van der Waals surface area contributed by atoms with E-state index in [4.69, 9.17) is 5.26 Å². The van der Waals surface area contributed by atoms with Crippen LogP contribution in [-0.2, 0) is 11.0 Å². The van der Waals surface area contributed by atoms with Crippen LogP contribution < -0.4 is 5.32 Å². The topological polar surface area (TPSA) is 56.1 Å². The van der Waals surface area contributed by atoms with Crippen molar-refractivity contribution in [3.63, 3.8) is 0 Å². The first-order valence-corrected chi connectivity index (χ1v) is 7.00. The summed E-state index contributed by atoms with van der Waals surface area (Å²) in [6.45, 7) is 2.66. The third kappa shape index (κ3) is 3.50. The number of carbonyl (C=O) groups excluding carboxylic acids is 1. The summed E-state index contributed by atoms with van der Waals surface area (Å²) >= 11 is 0. The molecule has 118 valence electrons. The molecule has 1 N–H and O–H groups in total. The fraction of sp³-hybridized carbons (Fsp3) is 0.467. The first kappa shape index (κ1) is 16.1. The maximum absolute atomic E-state index is 13.0. The molecule has 1 heterocycles. The maximum atomic E-state index is 13.0. The van der Waals surface area contributed by atoms with E-state index >= 15 is 0 Å². The number of nitrogens with zero attached hydrogens (tertiary/aromatic N) is 2. The molecule has 0 radical (unpaired) electrons. The molecule has 1 saturated heterocycles. The molecule has 0 aliphatic carbocycles. The summed E-state index contributed by atoms with van der Waals surface area (Å²) in [5.41, 5.74) is -0.746. The van der Waals surface area contributed by atoms with E-state index in [1.165, 1.54) is 6.07 Å². The molecular weight excluding hydrogens is 295 g/mol. The molecule has 0 unspecified atom stereocenters. The van der Waals surface area contributed by atoms with Crippen LogP contribution >= 0.6 is 0 Å². The zero-order valence-corrected chi connectivity index (χ0v) is 12.1. The van der Waals surface area contributed by atoms with Gasteiger partial charge in [0.2, 0.25) is 5.91 Å². The van der Waals surface area contributed by atoms with Gasteiger partial charge in [0.05, 0.1) is 17.2 Å². The zero-order chi connectivity index (χ0) is 16.3. The Bertz CT molecular complexity index is 607. The van der Waals surface area contributed by atoms with Crippen molar-refractivity contribution in [2.24, 2.45) is 0 Å². The Morgan fingerprint density at radius 3 is 2.82 bits per heavy atom. The second-order valence-electron chi connectivity index (χ2n) is 5.19. The van der Waals surface area contributed by atoms with E-state index in [0.717, 1.165) is 12.1 Å². The maximum Gasteiger partial charge on any atom is 0.418 e. The van der Waals surface area contributed by atoms with Crippen LogP contribution in [-0.4, -0.2) is 29.9 Å². The molecule has 1 aliphatic heterocycles. The Morgan fingerprint density at radius 2 is 2.23 bits per heavy atom. The van der Waals surface area contributed by atoms with Crippen LogP contribution in [0.3, 0.4) is 0 Å². The molecule has 1 atom stereocenters. The summed E-state index contributed by atoms with van der Waals surface area (Å²) in [5.74, 6) is -0.00822. The number of hydrogen-bond acceptors (Lipinski definition) is 3. The summed E-state index contributed by atoms with van der Waals surface area (Å²) in [6, 6.07) is 4.85. The molecule has 0 bridgehead atoms. The van der Waals surface area contributed by atoms with Crippen LogP contribution in [0.5, 0.6) is 0 Å². The van der Waals surface area contributed by atoms with Crippen LogP contribution in [0.25, 0.3) is 0 Å². The molecule has 22 heavy (non-hydrogen) atoms. The number of nitrogens with one attached hydrogen (secondary N) is 1. The van der Waals surface area contributed by atoms with Gasteiger partial charge in [-0.1, -0.05) is 6.92 Å². The van der Waals surface area contributed by atoms with Crippen LogP contribution in [0.4, 0.5) is 18.9 Å². The van der Waals surface area contributed by atoms with Crippen molar-refractivity contribution in [2.45, 2.75) is 32.0 Å². The van der Waals surface area contributed by atoms with E-state index < -0.39 is 11.7 Å². The molecule has 0 spiro atoms. The largest absolute Gasteiger partial charge is 0.418 e. The lowest BCUT2D eigenvalue weighted by atomic mass is 10.1. The minimum absolute atomic E-state index is 0.00822. The Morgan fingerprint density at radius 1 is 1.50 bits per heavy atom. The zero-order valence-electron chi connectivity index (χ0n) is 12.1. The van der Waals surface area contributed by atoms with Crippen molar-refractivity contribution in [3.8, 4) is 6.07 Å². The summed E-state index contributed by atoms with van der Waals surface area (Å²) < 4.78 is 39.1. The highest BCUT2D eigenvalue weighted by Crippen LogP contribution is 2.36. The van der Waals surface area contributed by atoms with Gasteiger partial charge in [0.15, 0.2) is 0 Å². The third-order valence-electron chi connectivity index (χ3n) is 3.66. The van der Waals surface area contributed by atoms with E-state index in [-0.39, 0.29) is 23.2 Å². The standard InChI is InChI=1S/C15H16F3N3O/c1-2-14(22)21-6-5-11(9-21)20-13-7-10(8-19)3-4-12(13)15(16,17)18/h3-4,7,11,20H,2,5-6,9H2,1H3/t11-/m0/s1. The summed E-state index contributed by atoms with van der Waals surface area (Å²) in [7, 11) is 0. The van der Waals surface area contributed by atoms with Gasteiger partial charge >= 0.3 is 6.18 Å². The molecular formula is C15H16F3N3O. The molecule has 1 aromatic carbocycles. The average molecular weight is 311 g/mol. The van der Waals surface area contributed by atoms with Crippen LogP contribution in [0, 0.1) is 11.3 Å². The Balaban J connectivity index is 2.19. The molecule has 1 aliphatic rings. The molecule has 1 fully saturated rings. The monoisotopic (exact) mass is 311 g/mol. The van der Waals surface area contributed by atoms with Gasteiger partial charge in [-0.05, 0) is 24.6 Å². The molecule has 0 aromatic heterocycles. The number of amides is 1. The Labute approximate surface area is 126 Å². The summed E-state index contributed by atoms with van der Waals surface area (Å²) in [5, 5.41) is 11.7. The van der Waals surface area contributed by atoms with Gasteiger partial charge < -0.3 is 10.2 Å². The number of rotatable bonds is 3. The van der Waals surface area contributed by atoms with E-state index in [1.807, 2.05) is 6.07 Å². The van der Waals surface area contributed by atoms with Gasteiger partial charge in [-0.25, -0.2) is 0 Å². The van der Waals surface area contributed by atoms with Gasteiger partial charge in [0.1, 0.15) is 0 Å². The van der Waals surface area contributed by atoms with Gasteiger partial charge in [0.25, 0.3) is 0 Å². The smallest absolute Gasteiger partial charge is 0.380 e. The molecule has 1 aromatic rings. The van der Waals surface area contributed by atoms with E-state index in [2.05, 4.69) is 5.32 Å². The van der Waals surface area contributed by atoms with Crippen LogP contribution in [0.2, 0.25) is 0 Å². The lowest BCUT2D eigenvalue weighted by Crippen LogP contribution is -2.31. The van der Waals surface area contributed by atoms with Crippen molar-refractivity contribution < 1.29 is 18.0 Å². The SMILES string of the molecule is CCC(=O)N1CC[C@H](Nc2cc(C#N)ccc2C(F)(F)F)C1. The number of nitriles is 1. The first-order valence-electron chi connectivity index (χ1n) is 7.00. The first-order chi connectivity index (χ1) is 10.3. The van der Waals surface area contributed by atoms with Crippen molar-refractivity contribution in [1.29, 1.82) is 5.26 Å². The molecule has 1 amide bonds. The van der Waals surface area contributed by atoms with Crippen molar-refractivity contribution in [1.82, 2.24) is 4.90 Å². The van der Waals surface area contributed by atoms with Gasteiger partial charge in [0, 0.05) is 31.2 Å². The number of likely N-dealkylation sites (tertiary alicyclic amines) is 1. The quantitative estimate of drug-likeness (QED) is 0.933. The normalized spacial score (nSPS) is 18.1. The predicted octanol–water partition coefficient (Wildman–Crippen LogP) is 3.00.